The Kier molecular flexibility index (Phi) is 4.91. The molecule has 21 heavy (non-hydrogen) atoms. The average molecular weight is 290 g/mol. The molecule has 0 aliphatic carbocycles. The number of hydrogen-bond donors (Lipinski definition) is 1. The summed E-state index contributed by atoms with van der Waals surface area (Å²) in [6.07, 6.45) is 0. The quantitative estimate of drug-likeness (QED) is 0.845. The Morgan fingerprint density at radius 2 is 1.62 bits per heavy atom. The van der Waals surface area contributed by atoms with Gasteiger partial charge in [0.25, 0.3) is 0 Å². The maximum atomic E-state index is 13.3. The molecule has 0 unspecified atom stereocenters. The molecule has 0 fully saturated rings. The molecule has 0 aliphatic heterocycles. The number of nitrogen functional groups attached to an aromatic ring is 1. The van der Waals surface area contributed by atoms with Crippen LogP contribution in [0.4, 0.5) is 14.5 Å². The van der Waals surface area contributed by atoms with Crippen LogP contribution in [0.15, 0.2) is 42.5 Å². The molecule has 0 heterocycles. The molecule has 2 N–H and O–H groups in total. The summed E-state index contributed by atoms with van der Waals surface area (Å²) in [6, 6.07) is 12.0. The summed E-state index contributed by atoms with van der Waals surface area (Å²) in [4.78, 5) is 2.18. The van der Waals surface area contributed by atoms with Crippen LogP contribution in [0, 0.1) is 11.6 Å². The summed E-state index contributed by atoms with van der Waals surface area (Å²) in [5.41, 5.74) is 8.37. The topological polar surface area (TPSA) is 29.3 Å². The summed E-state index contributed by atoms with van der Waals surface area (Å²) in [7, 11) is 0. The molecule has 4 heteroatoms. The fraction of sp³-hybridized carbons (Fsp3) is 0.294. The number of rotatable bonds is 5. The fourth-order valence-corrected chi connectivity index (χ4v) is 2.22. The zero-order valence-electron chi connectivity index (χ0n) is 12.3. The first-order valence-electron chi connectivity index (χ1n) is 6.98. The molecule has 0 radical (unpaired) electrons. The largest absolute Gasteiger partial charge is 0.399 e. The van der Waals surface area contributed by atoms with Gasteiger partial charge in [-0.2, -0.15) is 0 Å². The number of nitrogens with zero attached hydrogens (tertiary/aromatic N) is 1. The molecule has 0 atom stereocenters. The van der Waals surface area contributed by atoms with Crippen LogP contribution in [0.25, 0.3) is 0 Å². The van der Waals surface area contributed by atoms with Crippen LogP contribution >= 0.6 is 0 Å². The predicted molar refractivity (Wildman–Crippen MR) is 81.6 cm³/mol. The summed E-state index contributed by atoms with van der Waals surface area (Å²) in [5.74, 6) is -1.62. The normalized spacial score (nSPS) is 11.3. The van der Waals surface area contributed by atoms with E-state index in [4.69, 9.17) is 5.73 Å². The third-order valence-electron chi connectivity index (χ3n) is 3.44. The van der Waals surface area contributed by atoms with Gasteiger partial charge in [0.1, 0.15) is 0 Å². The van der Waals surface area contributed by atoms with Crippen LogP contribution in [0.2, 0.25) is 0 Å². The predicted octanol–water partition coefficient (Wildman–Crippen LogP) is 3.96. The van der Waals surface area contributed by atoms with E-state index in [1.165, 1.54) is 12.1 Å². The van der Waals surface area contributed by atoms with E-state index in [-0.39, 0.29) is 6.04 Å². The van der Waals surface area contributed by atoms with Crippen molar-refractivity contribution in [3.63, 3.8) is 0 Å². The highest BCUT2D eigenvalue weighted by molar-refractivity contribution is 5.40. The first kappa shape index (κ1) is 15.4. The van der Waals surface area contributed by atoms with Crippen molar-refractivity contribution in [2.45, 2.75) is 33.0 Å². The van der Waals surface area contributed by atoms with Crippen LogP contribution in [0.5, 0.6) is 0 Å². The minimum atomic E-state index is -0.814. The average Bonchev–Trinajstić information content (AvgIpc) is 2.42. The summed E-state index contributed by atoms with van der Waals surface area (Å²) in [6.45, 7) is 5.42. The van der Waals surface area contributed by atoms with Gasteiger partial charge in [0.15, 0.2) is 11.6 Å². The Labute approximate surface area is 124 Å². The van der Waals surface area contributed by atoms with Crippen LogP contribution < -0.4 is 5.73 Å². The third-order valence-corrected chi connectivity index (χ3v) is 3.44. The first-order valence-corrected chi connectivity index (χ1v) is 6.98. The molecule has 0 bridgehead atoms. The standard InChI is InChI=1S/C17H20F2N2/c1-12(2)21(10-13-4-3-5-15(20)8-13)11-14-6-7-16(18)17(19)9-14/h3-9,12H,10-11,20H2,1-2H3. The van der Waals surface area contributed by atoms with Crippen molar-refractivity contribution < 1.29 is 8.78 Å². The Morgan fingerprint density at radius 3 is 2.19 bits per heavy atom. The van der Waals surface area contributed by atoms with E-state index in [1.807, 2.05) is 24.3 Å². The van der Waals surface area contributed by atoms with E-state index in [0.29, 0.717) is 13.1 Å². The highest BCUT2D eigenvalue weighted by Crippen LogP contribution is 2.16. The van der Waals surface area contributed by atoms with Crippen molar-refractivity contribution in [2.75, 3.05) is 5.73 Å². The molecular formula is C17H20F2N2. The zero-order chi connectivity index (χ0) is 15.4. The number of halogens is 2. The van der Waals surface area contributed by atoms with Crippen molar-refractivity contribution in [3.05, 3.63) is 65.2 Å². The van der Waals surface area contributed by atoms with Crippen molar-refractivity contribution in [3.8, 4) is 0 Å². The Balaban J connectivity index is 2.13. The number of benzene rings is 2. The van der Waals surface area contributed by atoms with Gasteiger partial charge >= 0.3 is 0 Å². The molecule has 2 nitrogen and oxygen atoms in total. The number of anilines is 1. The van der Waals surface area contributed by atoms with E-state index < -0.39 is 11.6 Å². The fourth-order valence-electron chi connectivity index (χ4n) is 2.22. The highest BCUT2D eigenvalue weighted by atomic mass is 19.2. The maximum Gasteiger partial charge on any atom is 0.159 e. The monoisotopic (exact) mass is 290 g/mol. The number of hydrogen-bond acceptors (Lipinski definition) is 2. The molecule has 0 spiro atoms. The lowest BCUT2D eigenvalue weighted by Crippen LogP contribution is -2.29. The van der Waals surface area contributed by atoms with Crippen molar-refractivity contribution in [2.24, 2.45) is 0 Å². The third kappa shape index (κ3) is 4.26. The minimum absolute atomic E-state index is 0.277. The van der Waals surface area contributed by atoms with E-state index in [0.717, 1.165) is 16.8 Å². The summed E-state index contributed by atoms with van der Waals surface area (Å²) in [5, 5.41) is 0. The lowest BCUT2D eigenvalue weighted by Gasteiger charge is -2.26. The van der Waals surface area contributed by atoms with Gasteiger partial charge in [-0.3, -0.25) is 4.90 Å². The SMILES string of the molecule is CC(C)N(Cc1cccc(N)c1)Cc1ccc(F)c(F)c1. The molecule has 2 aromatic carbocycles. The van der Waals surface area contributed by atoms with E-state index >= 15 is 0 Å². The second kappa shape index (κ2) is 6.68. The number of nitrogens with two attached hydrogens (primary N) is 1. The smallest absolute Gasteiger partial charge is 0.159 e. The molecule has 2 aromatic rings. The van der Waals surface area contributed by atoms with E-state index in [9.17, 15) is 8.78 Å². The second-order valence-electron chi connectivity index (χ2n) is 5.49. The summed E-state index contributed by atoms with van der Waals surface area (Å²) >= 11 is 0. The van der Waals surface area contributed by atoms with Gasteiger partial charge in [-0.1, -0.05) is 18.2 Å². The Bertz CT molecular complexity index is 611. The van der Waals surface area contributed by atoms with E-state index in [2.05, 4.69) is 18.7 Å². The maximum absolute atomic E-state index is 13.3. The molecule has 112 valence electrons. The van der Waals surface area contributed by atoms with Crippen LogP contribution in [0.1, 0.15) is 25.0 Å². The summed E-state index contributed by atoms with van der Waals surface area (Å²) < 4.78 is 26.3. The van der Waals surface area contributed by atoms with Gasteiger partial charge in [0, 0.05) is 24.8 Å². The molecular weight excluding hydrogens is 270 g/mol. The van der Waals surface area contributed by atoms with Gasteiger partial charge in [-0.25, -0.2) is 8.78 Å². The second-order valence-corrected chi connectivity index (χ2v) is 5.49. The molecule has 0 saturated carbocycles. The molecule has 0 aromatic heterocycles. The van der Waals surface area contributed by atoms with E-state index in [1.54, 1.807) is 6.07 Å². The van der Waals surface area contributed by atoms with Gasteiger partial charge in [-0.05, 0) is 49.2 Å². The van der Waals surface area contributed by atoms with Gasteiger partial charge in [-0.15, -0.1) is 0 Å². The Hall–Kier alpha value is -1.94. The van der Waals surface area contributed by atoms with Gasteiger partial charge < -0.3 is 5.73 Å². The lowest BCUT2D eigenvalue weighted by molar-refractivity contribution is 0.203. The van der Waals surface area contributed by atoms with Crippen molar-refractivity contribution in [1.82, 2.24) is 4.90 Å². The van der Waals surface area contributed by atoms with Gasteiger partial charge in [0.05, 0.1) is 0 Å². The van der Waals surface area contributed by atoms with Crippen LogP contribution in [-0.4, -0.2) is 10.9 Å². The van der Waals surface area contributed by atoms with Crippen LogP contribution in [0.3, 0.4) is 0 Å². The molecule has 0 saturated heterocycles. The van der Waals surface area contributed by atoms with Gasteiger partial charge in [0.2, 0.25) is 0 Å². The molecule has 2 rings (SSSR count). The van der Waals surface area contributed by atoms with Crippen LogP contribution in [-0.2, 0) is 13.1 Å². The van der Waals surface area contributed by atoms with Crippen molar-refractivity contribution in [1.29, 1.82) is 0 Å². The lowest BCUT2D eigenvalue weighted by atomic mass is 10.1. The molecule has 0 aliphatic rings. The van der Waals surface area contributed by atoms with Crippen molar-refractivity contribution >= 4 is 5.69 Å². The minimum Gasteiger partial charge on any atom is -0.399 e. The zero-order valence-corrected chi connectivity index (χ0v) is 12.3. The highest BCUT2D eigenvalue weighted by Gasteiger charge is 2.12. The first-order chi connectivity index (χ1) is 9.95. The molecule has 0 amide bonds. The Morgan fingerprint density at radius 1 is 0.952 bits per heavy atom.